The molecule has 0 aromatic carbocycles. The number of hydrogen-bond acceptors (Lipinski definition) is 4. The molecule has 1 heterocycles. The topological polar surface area (TPSA) is 61.8 Å². The van der Waals surface area contributed by atoms with Crippen LogP contribution >= 0.6 is 0 Å². The number of carboxylic acids is 1. The quantitative estimate of drug-likeness (QED) is 0.683. The molecule has 0 bridgehead atoms. The van der Waals surface area contributed by atoms with Gasteiger partial charge in [0.15, 0.2) is 0 Å². The summed E-state index contributed by atoms with van der Waals surface area (Å²) >= 11 is 0. The highest BCUT2D eigenvalue weighted by Crippen LogP contribution is 2.20. The van der Waals surface area contributed by atoms with Crippen molar-refractivity contribution >= 4 is 5.97 Å². The van der Waals surface area contributed by atoms with E-state index >= 15 is 0 Å². The summed E-state index contributed by atoms with van der Waals surface area (Å²) in [6.45, 7) is 12.7. The lowest BCUT2D eigenvalue weighted by molar-refractivity contribution is -0.145. The van der Waals surface area contributed by atoms with Crippen molar-refractivity contribution in [1.29, 1.82) is 0 Å². The number of carboxylic acid groups (broad SMARTS) is 1. The van der Waals surface area contributed by atoms with Gasteiger partial charge < -0.3 is 9.84 Å². The molecule has 0 aromatic rings. The average molecular weight is 300 g/mol. The van der Waals surface area contributed by atoms with Crippen molar-refractivity contribution in [2.45, 2.75) is 77.6 Å². The normalized spacial score (nSPS) is 23.5. The Morgan fingerprint density at radius 3 is 2.57 bits per heavy atom. The molecule has 2 N–H and O–H groups in total. The van der Waals surface area contributed by atoms with E-state index in [9.17, 15) is 9.90 Å². The number of hydrogen-bond donors (Lipinski definition) is 2. The molecule has 21 heavy (non-hydrogen) atoms. The summed E-state index contributed by atoms with van der Waals surface area (Å²) in [4.78, 5) is 14.0. The van der Waals surface area contributed by atoms with Gasteiger partial charge in [0.2, 0.25) is 0 Å². The van der Waals surface area contributed by atoms with Gasteiger partial charge in [-0.05, 0) is 53.5 Å². The molecule has 0 saturated carbocycles. The Bertz CT molecular complexity index is 329. The first-order valence-corrected chi connectivity index (χ1v) is 8.15. The van der Waals surface area contributed by atoms with Crippen LogP contribution in [0.4, 0.5) is 0 Å². The van der Waals surface area contributed by atoms with E-state index < -0.39 is 11.5 Å². The summed E-state index contributed by atoms with van der Waals surface area (Å²) < 4.78 is 5.70. The van der Waals surface area contributed by atoms with Crippen molar-refractivity contribution < 1.29 is 14.6 Å². The third-order valence-electron chi connectivity index (χ3n) is 4.27. The highest BCUT2D eigenvalue weighted by Gasteiger charge is 2.36. The molecule has 0 aromatic heterocycles. The number of nitrogens with one attached hydrogen (secondary N) is 1. The molecule has 3 atom stereocenters. The van der Waals surface area contributed by atoms with Gasteiger partial charge >= 0.3 is 5.97 Å². The minimum absolute atomic E-state index is 0.145. The van der Waals surface area contributed by atoms with Gasteiger partial charge in [0, 0.05) is 25.2 Å². The highest BCUT2D eigenvalue weighted by molar-refractivity contribution is 5.78. The Balaban J connectivity index is 2.64. The predicted molar refractivity (Wildman–Crippen MR) is 84.6 cm³/mol. The maximum Gasteiger partial charge on any atom is 0.323 e. The van der Waals surface area contributed by atoms with Crippen molar-refractivity contribution in [3.8, 4) is 0 Å². The van der Waals surface area contributed by atoms with E-state index in [1.54, 1.807) is 6.92 Å². The Hall–Kier alpha value is -0.650. The van der Waals surface area contributed by atoms with Crippen LogP contribution in [0, 0.1) is 0 Å². The third kappa shape index (κ3) is 5.57. The zero-order valence-electron chi connectivity index (χ0n) is 14.2. The molecule has 5 heteroatoms. The molecule has 124 valence electrons. The SMILES string of the molecule is CCN(CC1CCCO1)C(C)CC(C)(NC(C)C)C(=O)O. The standard InChI is InChI=1S/C16H32N2O3/c1-6-18(11-14-8-7-9-21-14)13(4)10-16(5,15(19)20)17-12(2)3/h12-14,17H,6-11H2,1-5H3,(H,19,20). The van der Waals surface area contributed by atoms with E-state index in [0.29, 0.717) is 12.5 Å². The van der Waals surface area contributed by atoms with Crippen molar-refractivity contribution in [1.82, 2.24) is 10.2 Å². The van der Waals surface area contributed by atoms with E-state index in [0.717, 1.165) is 32.5 Å². The molecule has 1 rings (SSSR count). The summed E-state index contributed by atoms with van der Waals surface area (Å²) in [6.07, 6.45) is 3.14. The largest absolute Gasteiger partial charge is 0.480 e. The second-order valence-electron chi connectivity index (χ2n) is 6.71. The van der Waals surface area contributed by atoms with Gasteiger partial charge in [-0.25, -0.2) is 0 Å². The first kappa shape index (κ1) is 18.4. The highest BCUT2D eigenvalue weighted by atomic mass is 16.5. The number of nitrogens with zero attached hydrogens (tertiary/aromatic N) is 1. The maximum atomic E-state index is 11.6. The molecule has 0 spiro atoms. The Kier molecular flexibility index (Phi) is 7.10. The zero-order chi connectivity index (χ0) is 16.0. The van der Waals surface area contributed by atoms with Crippen molar-refractivity contribution in [2.75, 3.05) is 19.7 Å². The fraction of sp³-hybridized carbons (Fsp3) is 0.938. The summed E-state index contributed by atoms with van der Waals surface area (Å²) in [5, 5.41) is 12.8. The van der Waals surface area contributed by atoms with Gasteiger partial charge in [0.1, 0.15) is 5.54 Å². The second kappa shape index (κ2) is 8.11. The summed E-state index contributed by atoms with van der Waals surface area (Å²) in [5.74, 6) is -0.781. The number of likely N-dealkylation sites (N-methyl/N-ethyl adjacent to an activating group) is 1. The Morgan fingerprint density at radius 2 is 2.14 bits per heavy atom. The monoisotopic (exact) mass is 300 g/mol. The molecule has 1 saturated heterocycles. The summed E-state index contributed by atoms with van der Waals surface area (Å²) in [6, 6.07) is 0.345. The van der Waals surface area contributed by atoms with Crippen molar-refractivity contribution in [2.24, 2.45) is 0 Å². The number of aliphatic carboxylic acids is 1. The average Bonchev–Trinajstić information content (AvgIpc) is 2.87. The number of carbonyl (C=O) groups is 1. The lowest BCUT2D eigenvalue weighted by Crippen LogP contribution is -2.56. The summed E-state index contributed by atoms with van der Waals surface area (Å²) in [7, 11) is 0. The van der Waals surface area contributed by atoms with Gasteiger partial charge in [-0.3, -0.25) is 15.0 Å². The maximum absolute atomic E-state index is 11.6. The molecule has 3 unspecified atom stereocenters. The van der Waals surface area contributed by atoms with Crippen LogP contribution in [0.3, 0.4) is 0 Å². The van der Waals surface area contributed by atoms with Crippen molar-refractivity contribution in [3.63, 3.8) is 0 Å². The van der Waals surface area contributed by atoms with Crippen LogP contribution in [0.2, 0.25) is 0 Å². The molecule has 0 radical (unpaired) electrons. The minimum Gasteiger partial charge on any atom is -0.480 e. The van der Waals surface area contributed by atoms with Gasteiger partial charge in [-0.2, -0.15) is 0 Å². The fourth-order valence-corrected chi connectivity index (χ4v) is 3.24. The van der Waals surface area contributed by atoms with Gasteiger partial charge in [-0.15, -0.1) is 0 Å². The van der Waals surface area contributed by atoms with Crippen LogP contribution in [0.15, 0.2) is 0 Å². The smallest absolute Gasteiger partial charge is 0.323 e. The Labute approximate surface area is 129 Å². The summed E-state index contributed by atoms with van der Waals surface area (Å²) in [5.41, 5.74) is -0.891. The van der Waals surface area contributed by atoms with Crippen LogP contribution in [0.25, 0.3) is 0 Å². The van der Waals surface area contributed by atoms with Gasteiger partial charge in [-0.1, -0.05) is 6.92 Å². The molecule has 1 aliphatic rings. The molecule has 1 fully saturated rings. The van der Waals surface area contributed by atoms with E-state index in [1.807, 2.05) is 13.8 Å². The van der Waals surface area contributed by atoms with E-state index in [2.05, 4.69) is 24.1 Å². The lowest BCUT2D eigenvalue weighted by atomic mass is 9.92. The van der Waals surface area contributed by atoms with Crippen LogP contribution in [-0.2, 0) is 9.53 Å². The van der Waals surface area contributed by atoms with Crippen LogP contribution in [0.1, 0.15) is 53.9 Å². The zero-order valence-corrected chi connectivity index (χ0v) is 14.2. The van der Waals surface area contributed by atoms with E-state index in [-0.39, 0.29) is 12.1 Å². The van der Waals surface area contributed by atoms with Gasteiger partial charge in [0.25, 0.3) is 0 Å². The second-order valence-corrected chi connectivity index (χ2v) is 6.71. The lowest BCUT2D eigenvalue weighted by Gasteiger charge is -2.36. The third-order valence-corrected chi connectivity index (χ3v) is 4.27. The van der Waals surface area contributed by atoms with Crippen LogP contribution < -0.4 is 5.32 Å². The van der Waals surface area contributed by atoms with Crippen LogP contribution in [0.5, 0.6) is 0 Å². The molecular formula is C16H32N2O3. The number of ether oxygens (including phenoxy) is 1. The first-order chi connectivity index (χ1) is 9.78. The molecule has 0 amide bonds. The predicted octanol–water partition coefficient (Wildman–Crippen LogP) is 2.11. The molecule has 0 aliphatic carbocycles. The Morgan fingerprint density at radius 1 is 1.48 bits per heavy atom. The molecule has 1 aliphatic heterocycles. The molecule has 5 nitrogen and oxygen atoms in total. The van der Waals surface area contributed by atoms with Gasteiger partial charge in [0.05, 0.1) is 6.10 Å². The first-order valence-electron chi connectivity index (χ1n) is 8.15. The fourth-order valence-electron chi connectivity index (χ4n) is 3.24. The van der Waals surface area contributed by atoms with E-state index in [4.69, 9.17) is 4.74 Å². The number of rotatable bonds is 9. The van der Waals surface area contributed by atoms with Crippen molar-refractivity contribution in [3.05, 3.63) is 0 Å². The molecular weight excluding hydrogens is 268 g/mol. The van der Waals surface area contributed by atoms with E-state index in [1.165, 1.54) is 0 Å². The minimum atomic E-state index is -0.891. The van der Waals surface area contributed by atoms with Crippen LogP contribution in [-0.4, -0.2) is 59.4 Å².